The molecule has 1 N–H and O–H groups in total. The van der Waals surface area contributed by atoms with Gasteiger partial charge in [0.1, 0.15) is 5.25 Å². The summed E-state index contributed by atoms with van der Waals surface area (Å²) in [4.78, 5) is 29.9. The third-order valence-electron chi connectivity index (χ3n) is 3.11. The highest BCUT2D eigenvalue weighted by Crippen LogP contribution is 2.32. The maximum atomic E-state index is 12.1. The van der Waals surface area contributed by atoms with Gasteiger partial charge in [-0.25, -0.2) is 0 Å². The monoisotopic (exact) mass is 309 g/mol. The van der Waals surface area contributed by atoms with Crippen molar-refractivity contribution in [3.05, 3.63) is 29.3 Å². The summed E-state index contributed by atoms with van der Waals surface area (Å²) in [7, 11) is 0. The van der Waals surface area contributed by atoms with Crippen molar-refractivity contribution in [2.24, 2.45) is 4.99 Å². The minimum atomic E-state index is -0.378. The summed E-state index contributed by atoms with van der Waals surface area (Å²) in [6.45, 7) is 1.29. The molecule has 20 heavy (non-hydrogen) atoms. The largest absolute Gasteiger partial charge is 0.325 e. The van der Waals surface area contributed by atoms with Gasteiger partial charge in [-0.2, -0.15) is 0 Å². The van der Waals surface area contributed by atoms with Crippen LogP contribution >= 0.6 is 23.4 Å². The number of nitrogens with zero attached hydrogens (tertiary/aromatic N) is 2. The maximum absolute atomic E-state index is 12.1. The molecule has 0 aliphatic carbocycles. The van der Waals surface area contributed by atoms with Crippen LogP contribution in [0.4, 0.5) is 5.69 Å². The number of benzene rings is 1. The van der Waals surface area contributed by atoms with Gasteiger partial charge in [-0.3, -0.25) is 19.5 Å². The smallest absolute Gasteiger partial charge is 0.242 e. The summed E-state index contributed by atoms with van der Waals surface area (Å²) in [5.41, 5.74) is 0.562. The Labute approximate surface area is 125 Å². The fourth-order valence-corrected chi connectivity index (χ4v) is 3.52. The van der Waals surface area contributed by atoms with Crippen molar-refractivity contribution in [2.45, 2.75) is 11.7 Å². The summed E-state index contributed by atoms with van der Waals surface area (Å²) in [5.74, 6) is -0.244. The number of thioether (sulfide) groups is 1. The molecule has 2 heterocycles. The second-order valence-corrected chi connectivity index (χ2v) is 6.07. The lowest BCUT2D eigenvalue weighted by molar-refractivity contribution is -0.127. The number of nitrogens with one attached hydrogen (secondary N) is 1. The lowest BCUT2D eigenvalue weighted by Crippen LogP contribution is -2.32. The Hall–Kier alpha value is -1.53. The van der Waals surface area contributed by atoms with Gasteiger partial charge in [-0.05, 0) is 12.1 Å². The quantitative estimate of drug-likeness (QED) is 0.928. The van der Waals surface area contributed by atoms with Crippen LogP contribution in [0.15, 0.2) is 29.3 Å². The fraction of sp³-hybridized carbons (Fsp3) is 0.308. The van der Waals surface area contributed by atoms with Crippen molar-refractivity contribution in [3.63, 3.8) is 0 Å². The van der Waals surface area contributed by atoms with E-state index in [1.165, 1.54) is 11.8 Å². The molecule has 7 heteroatoms. The Kier molecular flexibility index (Phi) is 3.67. The Morgan fingerprint density at radius 2 is 2.30 bits per heavy atom. The van der Waals surface area contributed by atoms with Gasteiger partial charge in [0.15, 0.2) is 5.17 Å². The molecule has 1 fully saturated rings. The second kappa shape index (κ2) is 5.46. The Morgan fingerprint density at radius 1 is 1.50 bits per heavy atom. The van der Waals surface area contributed by atoms with E-state index in [4.69, 9.17) is 11.6 Å². The molecule has 3 rings (SSSR count). The van der Waals surface area contributed by atoms with Crippen molar-refractivity contribution in [1.29, 1.82) is 0 Å². The van der Waals surface area contributed by atoms with E-state index in [0.717, 1.165) is 5.17 Å². The van der Waals surface area contributed by atoms with E-state index >= 15 is 0 Å². The first kappa shape index (κ1) is 13.5. The molecule has 0 bridgehead atoms. The highest BCUT2D eigenvalue weighted by Gasteiger charge is 2.40. The summed E-state index contributed by atoms with van der Waals surface area (Å²) >= 11 is 7.34. The van der Waals surface area contributed by atoms with E-state index in [9.17, 15) is 9.59 Å². The SMILES string of the molecule is O=C(C[C@H]1SC2=NCCN2C1=O)Nc1ccccc1Cl. The summed E-state index contributed by atoms with van der Waals surface area (Å²) in [6.07, 6.45) is 0.129. The standard InChI is InChI=1S/C13H12ClN3O2S/c14-8-3-1-2-4-9(8)16-11(18)7-10-12(19)17-6-5-15-13(17)20-10/h1-4,10H,5-7H2,(H,16,18)/t10-/m1/s1. The number of carbonyl (C=O) groups excluding carboxylic acids is 2. The zero-order chi connectivity index (χ0) is 14.1. The van der Waals surface area contributed by atoms with Crippen molar-refractivity contribution in [3.8, 4) is 0 Å². The average molecular weight is 310 g/mol. The van der Waals surface area contributed by atoms with E-state index in [1.807, 2.05) is 0 Å². The zero-order valence-electron chi connectivity index (χ0n) is 10.5. The van der Waals surface area contributed by atoms with Gasteiger partial charge < -0.3 is 5.32 Å². The molecule has 1 aromatic rings. The number of rotatable bonds is 3. The number of fused-ring (bicyclic) bond motifs is 1. The highest BCUT2D eigenvalue weighted by atomic mass is 35.5. The van der Waals surface area contributed by atoms with E-state index in [2.05, 4.69) is 10.3 Å². The Bertz CT molecular complexity index is 605. The van der Waals surface area contributed by atoms with Gasteiger partial charge in [0.05, 0.1) is 17.3 Å². The molecule has 5 nitrogen and oxygen atoms in total. The molecule has 0 radical (unpaired) electrons. The Balaban J connectivity index is 1.63. The van der Waals surface area contributed by atoms with Crippen LogP contribution in [0.1, 0.15) is 6.42 Å². The van der Waals surface area contributed by atoms with Crippen LogP contribution in [-0.4, -0.2) is 40.2 Å². The average Bonchev–Trinajstić information content (AvgIpc) is 2.97. The predicted octanol–water partition coefficient (Wildman–Crippen LogP) is 1.98. The third-order valence-corrected chi connectivity index (χ3v) is 4.65. The summed E-state index contributed by atoms with van der Waals surface area (Å²) < 4.78 is 0. The number of hydrogen-bond acceptors (Lipinski definition) is 4. The van der Waals surface area contributed by atoms with Gasteiger partial charge in [0.2, 0.25) is 11.8 Å². The van der Waals surface area contributed by atoms with E-state index in [-0.39, 0.29) is 23.5 Å². The van der Waals surface area contributed by atoms with Crippen molar-refractivity contribution in [2.75, 3.05) is 18.4 Å². The molecule has 1 saturated heterocycles. The first-order valence-corrected chi connectivity index (χ1v) is 7.48. The molecule has 1 atom stereocenters. The number of amidine groups is 1. The molecule has 0 saturated carbocycles. The zero-order valence-corrected chi connectivity index (χ0v) is 12.1. The van der Waals surface area contributed by atoms with Gasteiger partial charge in [0.25, 0.3) is 0 Å². The van der Waals surface area contributed by atoms with E-state index in [1.54, 1.807) is 29.2 Å². The molecule has 0 spiro atoms. The number of hydrogen-bond donors (Lipinski definition) is 1. The first-order chi connectivity index (χ1) is 9.65. The molecular formula is C13H12ClN3O2S. The van der Waals surface area contributed by atoms with Crippen molar-refractivity contribution < 1.29 is 9.59 Å². The van der Waals surface area contributed by atoms with Crippen LogP contribution in [-0.2, 0) is 9.59 Å². The van der Waals surface area contributed by atoms with Crippen molar-refractivity contribution >= 4 is 46.0 Å². The topological polar surface area (TPSA) is 61.8 Å². The van der Waals surface area contributed by atoms with Crippen LogP contribution in [0.25, 0.3) is 0 Å². The molecule has 2 amide bonds. The number of para-hydroxylation sites is 1. The predicted molar refractivity (Wildman–Crippen MR) is 80.1 cm³/mol. The summed E-state index contributed by atoms with van der Waals surface area (Å²) in [6, 6.07) is 7.02. The minimum absolute atomic E-state index is 0.0273. The van der Waals surface area contributed by atoms with E-state index < -0.39 is 0 Å². The molecule has 2 aliphatic heterocycles. The highest BCUT2D eigenvalue weighted by molar-refractivity contribution is 8.15. The molecule has 1 aromatic carbocycles. The molecule has 104 valence electrons. The number of aliphatic imine (C=N–C) groups is 1. The van der Waals surface area contributed by atoms with Gasteiger partial charge in [0, 0.05) is 13.0 Å². The number of carbonyl (C=O) groups is 2. The molecule has 0 aromatic heterocycles. The molecule has 2 aliphatic rings. The Morgan fingerprint density at radius 3 is 3.05 bits per heavy atom. The lowest BCUT2D eigenvalue weighted by Gasteiger charge is -2.11. The molecule has 0 unspecified atom stereocenters. The third kappa shape index (κ3) is 2.53. The van der Waals surface area contributed by atoms with Crippen LogP contribution in [0.3, 0.4) is 0 Å². The van der Waals surface area contributed by atoms with Crippen molar-refractivity contribution in [1.82, 2.24) is 4.90 Å². The number of anilines is 1. The summed E-state index contributed by atoms with van der Waals surface area (Å²) in [5, 5.41) is 3.57. The van der Waals surface area contributed by atoms with Gasteiger partial charge >= 0.3 is 0 Å². The van der Waals surface area contributed by atoms with Crippen LogP contribution in [0.2, 0.25) is 5.02 Å². The van der Waals surface area contributed by atoms with E-state index in [0.29, 0.717) is 23.8 Å². The maximum Gasteiger partial charge on any atom is 0.242 e. The number of amides is 2. The fourth-order valence-electron chi connectivity index (χ4n) is 2.14. The first-order valence-electron chi connectivity index (χ1n) is 6.22. The lowest BCUT2D eigenvalue weighted by atomic mass is 10.2. The van der Waals surface area contributed by atoms with Crippen LogP contribution in [0, 0.1) is 0 Å². The second-order valence-electron chi connectivity index (χ2n) is 4.49. The van der Waals surface area contributed by atoms with Gasteiger partial charge in [-0.1, -0.05) is 35.5 Å². The normalized spacial score (nSPS) is 20.9. The molecular weight excluding hydrogens is 298 g/mol. The van der Waals surface area contributed by atoms with Crippen LogP contribution in [0.5, 0.6) is 0 Å². The minimum Gasteiger partial charge on any atom is -0.325 e. The van der Waals surface area contributed by atoms with Crippen LogP contribution < -0.4 is 5.32 Å². The number of halogens is 1. The van der Waals surface area contributed by atoms with Gasteiger partial charge in [-0.15, -0.1) is 0 Å².